The van der Waals surface area contributed by atoms with Gasteiger partial charge in [-0.3, -0.25) is 4.79 Å². The Bertz CT molecular complexity index is 981. The number of rotatable bonds is 5. The highest BCUT2D eigenvalue weighted by atomic mass is 19.4. The molecule has 0 saturated heterocycles. The first kappa shape index (κ1) is 20.6. The van der Waals surface area contributed by atoms with Crippen LogP contribution in [0.2, 0.25) is 0 Å². The first-order valence-electron chi connectivity index (χ1n) is 9.01. The molecule has 3 nitrogen and oxygen atoms in total. The summed E-state index contributed by atoms with van der Waals surface area (Å²) in [4.78, 5) is 12.3. The van der Waals surface area contributed by atoms with E-state index in [0.29, 0.717) is 5.56 Å². The fourth-order valence-electron chi connectivity index (χ4n) is 3.03. The fourth-order valence-corrected chi connectivity index (χ4v) is 3.03. The zero-order valence-electron chi connectivity index (χ0n) is 15.7. The predicted octanol–water partition coefficient (Wildman–Crippen LogP) is 5.01. The summed E-state index contributed by atoms with van der Waals surface area (Å²) < 4.78 is 39.3. The molecule has 1 unspecified atom stereocenters. The number of alkyl halides is 3. The topological polar surface area (TPSA) is 49.3 Å². The molecule has 0 bridgehead atoms. The smallest absolute Gasteiger partial charge is 0.384 e. The minimum atomic E-state index is -4.64. The molecule has 2 N–H and O–H groups in total. The van der Waals surface area contributed by atoms with Crippen molar-refractivity contribution in [2.45, 2.75) is 18.7 Å². The highest BCUT2D eigenvalue weighted by Gasteiger charge is 2.35. The number of benzene rings is 3. The first-order chi connectivity index (χ1) is 13.7. The van der Waals surface area contributed by atoms with Crippen molar-refractivity contribution in [3.8, 4) is 11.1 Å². The molecular weight excluding hydrogens is 379 g/mol. The van der Waals surface area contributed by atoms with Crippen LogP contribution in [0.25, 0.3) is 11.1 Å². The van der Waals surface area contributed by atoms with E-state index in [4.69, 9.17) is 0 Å². The number of aliphatic hydroxyl groups is 1. The summed E-state index contributed by atoms with van der Waals surface area (Å²) in [5, 5.41) is 13.1. The molecule has 3 aromatic rings. The van der Waals surface area contributed by atoms with Crippen LogP contribution in [-0.4, -0.2) is 17.6 Å². The van der Waals surface area contributed by atoms with Crippen molar-refractivity contribution < 1.29 is 23.1 Å². The van der Waals surface area contributed by atoms with Crippen LogP contribution in [0.3, 0.4) is 0 Å². The van der Waals surface area contributed by atoms with Crippen molar-refractivity contribution >= 4 is 5.91 Å². The Hall–Kier alpha value is -3.12. The van der Waals surface area contributed by atoms with Gasteiger partial charge < -0.3 is 10.4 Å². The molecule has 1 atom stereocenters. The molecule has 0 spiro atoms. The van der Waals surface area contributed by atoms with Gasteiger partial charge in [-0.25, -0.2) is 0 Å². The van der Waals surface area contributed by atoms with Crippen molar-refractivity contribution in [1.29, 1.82) is 0 Å². The molecule has 3 rings (SSSR count). The molecule has 0 fully saturated rings. The summed E-state index contributed by atoms with van der Waals surface area (Å²) in [5.74, 6) is -0.890. The number of amides is 1. The van der Waals surface area contributed by atoms with E-state index in [1.165, 1.54) is 19.1 Å². The maximum atomic E-state index is 13.1. The van der Waals surface area contributed by atoms with E-state index in [9.17, 15) is 23.1 Å². The van der Waals surface area contributed by atoms with Crippen molar-refractivity contribution in [2.75, 3.05) is 6.54 Å². The van der Waals surface area contributed by atoms with E-state index in [1.54, 1.807) is 12.1 Å². The third kappa shape index (κ3) is 4.84. The van der Waals surface area contributed by atoms with Gasteiger partial charge in [-0.15, -0.1) is 0 Å². The fraction of sp³-hybridized carbons (Fsp3) is 0.174. The number of carbonyl (C=O) groups excluding carboxylic acids is 1. The SMILES string of the molecule is CC(O)(CNC(=O)c1ccccc1C(F)(F)F)c1ccc(-c2ccccc2)cc1. The molecule has 6 heteroatoms. The highest BCUT2D eigenvalue weighted by molar-refractivity contribution is 5.95. The number of halogens is 3. The van der Waals surface area contributed by atoms with Crippen molar-refractivity contribution in [2.24, 2.45) is 0 Å². The minimum absolute atomic E-state index is 0.233. The standard InChI is InChI=1S/C23H20F3NO2/c1-22(29,18-13-11-17(12-14-18)16-7-3-2-4-8-16)15-27-21(28)19-9-5-6-10-20(19)23(24,25)26/h2-14,29H,15H2,1H3,(H,27,28). The summed E-state index contributed by atoms with van der Waals surface area (Å²) in [7, 11) is 0. The van der Waals surface area contributed by atoms with Crippen molar-refractivity contribution in [1.82, 2.24) is 5.32 Å². The lowest BCUT2D eigenvalue weighted by atomic mass is 9.93. The number of hydrogen-bond donors (Lipinski definition) is 2. The van der Waals surface area contributed by atoms with Crippen molar-refractivity contribution in [3.63, 3.8) is 0 Å². The second kappa shape index (κ2) is 8.09. The van der Waals surface area contributed by atoms with Gasteiger partial charge in [-0.2, -0.15) is 13.2 Å². The summed E-state index contributed by atoms with van der Waals surface area (Å²) in [6.07, 6.45) is -4.64. The second-order valence-corrected chi connectivity index (χ2v) is 6.94. The van der Waals surface area contributed by atoms with Crippen LogP contribution in [0, 0.1) is 0 Å². The Labute approximate surface area is 166 Å². The van der Waals surface area contributed by atoms with Crippen LogP contribution >= 0.6 is 0 Å². The normalized spacial score (nSPS) is 13.6. The van der Waals surface area contributed by atoms with Gasteiger partial charge in [0.15, 0.2) is 0 Å². The molecule has 0 aromatic heterocycles. The third-order valence-electron chi connectivity index (χ3n) is 4.68. The average molecular weight is 399 g/mol. The summed E-state index contributed by atoms with van der Waals surface area (Å²) in [6.45, 7) is 1.27. The van der Waals surface area contributed by atoms with Gasteiger partial charge in [0.2, 0.25) is 0 Å². The van der Waals surface area contributed by atoms with E-state index in [0.717, 1.165) is 23.3 Å². The van der Waals surface area contributed by atoms with E-state index in [-0.39, 0.29) is 6.54 Å². The lowest BCUT2D eigenvalue weighted by molar-refractivity contribution is -0.137. The maximum Gasteiger partial charge on any atom is 0.417 e. The molecule has 3 aromatic carbocycles. The summed E-state index contributed by atoms with van der Waals surface area (Å²) in [6, 6.07) is 21.4. The van der Waals surface area contributed by atoms with Crippen LogP contribution in [-0.2, 0) is 11.8 Å². The third-order valence-corrected chi connectivity index (χ3v) is 4.68. The number of nitrogens with one attached hydrogen (secondary N) is 1. The molecule has 0 aliphatic carbocycles. The Morgan fingerprint density at radius 3 is 2.03 bits per heavy atom. The lowest BCUT2D eigenvalue weighted by Crippen LogP contribution is -2.39. The largest absolute Gasteiger partial charge is 0.417 e. The first-order valence-corrected chi connectivity index (χ1v) is 9.01. The van der Waals surface area contributed by atoms with Crippen LogP contribution in [0.1, 0.15) is 28.4 Å². The van der Waals surface area contributed by atoms with E-state index in [2.05, 4.69) is 5.32 Å². The molecule has 150 valence electrons. The Morgan fingerprint density at radius 1 is 0.862 bits per heavy atom. The maximum absolute atomic E-state index is 13.1. The van der Waals surface area contributed by atoms with Crippen LogP contribution < -0.4 is 5.32 Å². The monoisotopic (exact) mass is 399 g/mol. The second-order valence-electron chi connectivity index (χ2n) is 6.94. The molecule has 0 saturated carbocycles. The van der Waals surface area contributed by atoms with Gasteiger partial charge in [0.05, 0.1) is 17.7 Å². The Morgan fingerprint density at radius 2 is 1.41 bits per heavy atom. The predicted molar refractivity (Wildman–Crippen MR) is 105 cm³/mol. The van der Waals surface area contributed by atoms with Crippen LogP contribution in [0.15, 0.2) is 78.9 Å². The Balaban J connectivity index is 1.73. The van der Waals surface area contributed by atoms with Gasteiger partial charge >= 0.3 is 6.18 Å². The summed E-state index contributed by atoms with van der Waals surface area (Å²) in [5.41, 5.74) is -0.400. The molecule has 0 heterocycles. The van der Waals surface area contributed by atoms with Crippen LogP contribution in [0.4, 0.5) is 13.2 Å². The molecule has 0 radical (unpaired) electrons. The number of carbonyl (C=O) groups is 1. The quantitative estimate of drug-likeness (QED) is 0.634. The minimum Gasteiger partial charge on any atom is -0.384 e. The van der Waals surface area contributed by atoms with Gasteiger partial charge in [-0.1, -0.05) is 66.7 Å². The zero-order valence-corrected chi connectivity index (χ0v) is 15.7. The van der Waals surface area contributed by atoms with Gasteiger partial charge in [-0.05, 0) is 35.7 Å². The van der Waals surface area contributed by atoms with Crippen LogP contribution in [0.5, 0.6) is 0 Å². The molecule has 1 amide bonds. The molecular formula is C23H20F3NO2. The molecule has 29 heavy (non-hydrogen) atoms. The van der Waals surface area contributed by atoms with Crippen molar-refractivity contribution in [3.05, 3.63) is 95.6 Å². The van der Waals surface area contributed by atoms with Gasteiger partial charge in [0.1, 0.15) is 5.60 Å². The van der Waals surface area contributed by atoms with Gasteiger partial charge in [0.25, 0.3) is 5.91 Å². The average Bonchev–Trinajstić information content (AvgIpc) is 2.72. The summed E-state index contributed by atoms with van der Waals surface area (Å²) >= 11 is 0. The Kier molecular flexibility index (Phi) is 5.75. The van der Waals surface area contributed by atoms with E-state index in [1.807, 2.05) is 42.5 Å². The van der Waals surface area contributed by atoms with E-state index < -0.39 is 28.8 Å². The number of hydrogen-bond acceptors (Lipinski definition) is 2. The lowest BCUT2D eigenvalue weighted by Gasteiger charge is -2.25. The zero-order chi connectivity index (χ0) is 21.1. The molecule has 0 aliphatic heterocycles. The highest BCUT2D eigenvalue weighted by Crippen LogP contribution is 2.32. The van der Waals surface area contributed by atoms with Gasteiger partial charge in [0, 0.05) is 0 Å². The molecule has 0 aliphatic rings. The van der Waals surface area contributed by atoms with E-state index >= 15 is 0 Å².